The van der Waals surface area contributed by atoms with Crippen molar-refractivity contribution in [3.05, 3.63) is 35.9 Å². The maximum absolute atomic E-state index is 12.1. The summed E-state index contributed by atoms with van der Waals surface area (Å²) in [6.07, 6.45) is 2.16. The Bertz CT molecular complexity index is 753. The van der Waals surface area contributed by atoms with Crippen LogP contribution < -0.4 is 10.6 Å². The van der Waals surface area contributed by atoms with Gasteiger partial charge in [-0.25, -0.2) is 4.99 Å². The van der Waals surface area contributed by atoms with Gasteiger partial charge in [-0.05, 0) is 18.4 Å². The number of piperazine rings is 3. The van der Waals surface area contributed by atoms with E-state index < -0.39 is 0 Å². The van der Waals surface area contributed by atoms with Crippen LogP contribution in [-0.2, 0) is 11.3 Å². The molecule has 176 valence electrons. The van der Waals surface area contributed by atoms with Crippen molar-refractivity contribution in [3.63, 3.8) is 0 Å². The Morgan fingerprint density at radius 1 is 1.06 bits per heavy atom. The third-order valence-electron chi connectivity index (χ3n) is 6.95. The topological polar surface area (TPSA) is 66.5 Å². The van der Waals surface area contributed by atoms with Crippen molar-refractivity contribution in [2.75, 3.05) is 73.0 Å². The second-order valence-electron chi connectivity index (χ2n) is 9.50. The van der Waals surface area contributed by atoms with Crippen LogP contribution in [-0.4, -0.2) is 117 Å². The number of benzene rings is 1. The van der Waals surface area contributed by atoms with E-state index in [-0.39, 0.29) is 12.5 Å². The Hall–Kier alpha value is -2.16. The molecule has 1 atom stereocenters. The molecule has 8 heteroatoms. The molecule has 1 amide bonds. The first kappa shape index (κ1) is 23.0. The fourth-order valence-electron chi connectivity index (χ4n) is 4.84. The van der Waals surface area contributed by atoms with Gasteiger partial charge in [0, 0.05) is 85.1 Å². The zero-order valence-electron chi connectivity index (χ0n) is 19.7. The summed E-state index contributed by atoms with van der Waals surface area (Å²) in [4.78, 5) is 26.0. The van der Waals surface area contributed by atoms with Gasteiger partial charge in [0.15, 0.2) is 5.96 Å². The van der Waals surface area contributed by atoms with Crippen molar-refractivity contribution < 1.29 is 4.79 Å². The van der Waals surface area contributed by atoms with Crippen molar-refractivity contribution >= 4 is 11.9 Å². The van der Waals surface area contributed by atoms with Gasteiger partial charge >= 0.3 is 0 Å². The molecule has 1 aromatic carbocycles. The minimum Gasteiger partial charge on any atom is -0.355 e. The number of nitrogens with zero attached hydrogens (tertiary/aromatic N) is 5. The highest BCUT2D eigenvalue weighted by Gasteiger charge is 2.31. The molecule has 4 aliphatic rings. The number of aliphatic imine (C=N–C) groups is 1. The predicted molar refractivity (Wildman–Crippen MR) is 129 cm³/mol. The summed E-state index contributed by atoms with van der Waals surface area (Å²) in [7, 11) is 3.56. The molecule has 0 aromatic heterocycles. The summed E-state index contributed by atoms with van der Waals surface area (Å²) in [5, 5.41) is 7.18. The van der Waals surface area contributed by atoms with Crippen LogP contribution in [0.4, 0.5) is 0 Å². The molecule has 0 saturated carbocycles. The predicted octanol–water partition coefficient (Wildman–Crippen LogP) is 0.274. The fraction of sp³-hybridized carbons (Fsp3) is 0.667. The highest BCUT2D eigenvalue weighted by molar-refractivity contribution is 5.85. The standard InChI is InChI=1S/C24H39N7O/c1-28(2)23(32)17-26-24(25-16-22-19-30-12-14-31(22)15-13-30)27-21-8-10-29(11-9-21)18-20-6-4-3-5-7-20/h3-7,21-22H,8-19H2,1-2H3,(H2,25,26,27). The summed E-state index contributed by atoms with van der Waals surface area (Å²) >= 11 is 0. The van der Waals surface area contributed by atoms with E-state index in [1.165, 1.54) is 18.7 Å². The zero-order valence-corrected chi connectivity index (χ0v) is 19.7. The van der Waals surface area contributed by atoms with E-state index in [0.29, 0.717) is 12.1 Å². The van der Waals surface area contributed by atoms with Gasteiger partial charge in [-0.2, -0.15) is 0 Å². The monoisotopic (exact) mass is 441 g/mol. The Morgan fingerprint density at radius 2 is 1.78 bits per heavy atom. The molecular formula is C24H39N7O. The summed E-state index contributed by atoms with van der Waals surface area (Å²) in [6, 6.07) is 11.6. The summed E-state index contributed by atoms with van der Waals surface area (Å²) in [5.74, 6) is 0.801. The number of amides is 1. The molecule has 1 aromatic rings. The minimum absolute atomic E-state index is 0.0235. The number of piperidine rings is 1. The van der Waals surface area contributed by atoms with Gasteiger partial charge in [0.05, 0.1) is 0 Å². The maximum atomic E-state index is 12.1. The van der Waals surface area contributed by atoms with Crippen LogP contribution in [0.2, 0.25) is 0 Å². The molecule has 2 N–H and O–H groups in total. The van der Waals surface area contributed by atoms with Crippen molar-refractivity contribution in [2.24, 2.45) is 4.99 Å². The van der Waals surface area contributed by atoms with Crippen LogP contribution >= 0.6 is 0 Å². The van der Waals surface area contributed by atoms with Crippen molar-refractivity contribution in [2.45, 2.75) is 31.5 Å². The van der Waals surface area contributed by atoms with Gasteiger partial charge in [0.1, 0.15) is 6.54 Å². The normalized spacial score (nSPS) is 26.7. The molecular weight excluding hydrogens is 402 g/mol. The third-order valence-corrected chi connectivity index (χ3v) is 6.95. The number of likely N-dealkylation sites (N-methyl/N-ethyl adjacent to an activating group) is 1. The molecule has 0 aliphatic carbocycles. The Morgan fingerprint density at radius 3 is 2.41 bits per heavy atom. The number of carbonyl (C=O) groups is 1. The van der Waals surface area contributed by atoms with E-state index in [1.807, 2.05) is 0 Å². The first-order valence-electron chi connectivity index (χ1n) is 12.0. The van der Waals surface area contributed by atoms with Crippen molar-refractivity contribution in [1.82, 2.24) is 30.2 Å². The van der Waals surface area contributed by atoms with E-state index in [1.54, 1.807) is 19.0 Å². The Kier molecular flexibility index (Phi) is 8.00. The SMILES string of the molecule is CN(C)C(=O)CN=C(NCC1CN2CCN1CC2)NC1CCN(Cc2ccccc2)CC1. The van der Waals surface area contributed by atoms with E-state index in [4.69, 9.17) is 0 Å². The van der Waals surface area contributed by atoms with Gasteiger partial charge in [-0.1, -0.05) is 30.3 Å². The lowest BCUT2D eigenvalue weighted by Crippen LogP contribution is -2.64. The van der Waals surface area contributed by atoms with Crippen LogP contribution in [0.3, 0.4) is 0 Å². The van der Waals surface area contributed by atoms with Crippen molar-refractivity contribution in [1.29, 1.82) is 0 Å². The van der Waals surface area contributed by atoms with Gasteiger partial charge in [0.2, 0.25) is 5.91 Å². The van der Waals surface area contributed by atoms with Gasteiger partial charge in [-0.15, -0.1) is 0 Å². The largest absolute Gasteiger partial charge is 0.355 e. The molecule has 0 spiro atoms. The Labute approximate surface area is 192 Å². The summed E-state index contributed by atoms with van der Waals surface area (Å²) in [5.41, 5.74) is 1.37. The third kappa shape index (κ3) is 6.43. The van der Waals surface area contributed by atoms with Gasteiger partial charge in [-0.3, -0.25) is 19.5 Å². The number of guanidine groups is 1. The lowest BCUT2D eigenvalue weighted by Gasteiger charge is -2.47. The maximum Gasteiger partial charge on any atom is 0.243 e. The van der Waals surface area contributed by atoms with E-state index >= 15 is 0 Å². The van der Waals surface area contributed by atoms with Crippen LogP contribution in [0.15, 0.2) is 35.3 Å². The van der Waals surface area contributed by atoms with Crippen molar-refractivity contribution in [3.8, 4) is 0 Å². The smallest absolute Gasteiger partial charge is 0.243 e. The first-order valence-corrected chi connectivity index (χ1v) is 12.0. The number of likely N-dealkylation sites (tertiary alicyclic amines) is 1. The van der Waals surface area contributed by atoms with Gasteiger partial charge in [0.25, 0.3) is 0 Å². The molecule has 4 fully saturated rings. The molecule has 1 unspecified atom stereocenters. The molecule has 4 saturated heterocycles. The highest BCUT2D eigenvalue weighted by Crippen LogP contribution is 2.16. The Balaban J connectivity index is 1.29. The quantitative estimate of drug-likeness (QED) is 0.468. The summed E-state index contributed by atoms with van der Waals surface area (Å²) < 4.78 is 0. The number of fused-ring (bicyclic) bond motifs is 3. The van der Waals surface area contributed by atoms with Crippen LogP contribution in [0.25, 0.3) is 0 Å². The number of hydrogen-bond donors (Lipinski definition) is 2. The van der Waals surface area contributed by atoms with E-state index in [0.717, 1.165) is 64.6 Å². The molecule has 4 aliphatic heterocycles. The second kappa shape index (κ2) is 11.1. The molecule has 4 heterocycles. The molecule has 32 heavy (non-hydrogen) atoms. The molecule has 0 radical (unpaired) electrons. The number of hydrogen-bond acceptors (Lipinski definition) is 5. The van der Waals surface area contributed by atoms with Crippen LogP contribution in [0.5, 0.6) is 0 Å². The summed E-state index contributed by atoms with van der Waals surface area (Å²) in [6.45, 7) is 10.0. The molecule has 5 rings (SSSR count). The number of rotatable bonds is 7. The van der Waals surface area contributed by atoms with Crippen LogP contribution in [0, 0.1) is 0 Å². The zero-order chi connectivity index (χ0) is 22.3. The second-order valence-corrected chi connectivity index (χ2v) is 9.50. The van der Waals surface area contributed by atoms with Crippen LogP contribution in [0.1, 0.15) is 18.4 Å². The first-order chi connectivity index (χ1) is 15.6. The lowest BCUT2D eigenvalue weighted by atomic mass is 10.0. The van der Waals surface area contributed by atoms with E-state index in [2.05, 4.69) is 60.7 Å². The van der Waals surface area contributed by atoms with Gasteiger partial charge < -0.3 is 15.5 Å². The minimum atomic E-state index is 0.0235. The van der Waals surface area contributed by atoms with E-state index in [9.17, 15) is 4.79 Å². The fourth-order valence-corrected chi connectivity index (χ4v) is 4.84. The lowest BCUT2D eigenvalue weighted by molar-refractivity contribution is -0.127. The molecule has 2 bridgehead atoms. The molecule has 8 nitrogen and oxygen atoms in total. The number of carbonyl (C=O) groups excluding carboxylic acids is 1. The average molecular weight is 442 g/mol. The highest BCUT2D eigenvalue weighted by atomic mass is 16.2. The number of nitrogens with one attached hydrogen (secondary N) is 2. The average Bonchev–Trinajstić information content (AvgIpc) is 2.83.